The zero-order valence-corrected chi connectivity index (χ0v) is 17.4. The van der Waals surface area contributed by atoms with Gasteiger partial charge >= 0.3 is 5.97 Å². The molecule has 0 aromatic heterocycles. The van der Waals surface area contributed by atoms with E-state index in [0.29, 0.717) is 16.9 Å². The third kappa shape index (κ3) is 5.91. The molecular formula is C23H27NO5. The quantitative estimate of drug-likeness (QED) is 0.571. The Morgan fingerprint density at radius 2 is 1.62 bits per heavy atom. The van der Waals surface area contributed by atoms with E-state index < -0.39 is 18.0 Å². The maximum absolute atomic E-state index is 12.5. The van der Waals surface area contributed by atoms with E-state index in [1.165, 1.54) is 14.0 Å². The minimum absolute atomic E-state index is 0.0146. The van der Waals surface area contributed by atoms with Gasteiger partial charge in [0.05, 0.1) is 12.7 Å². The van der Waals surface area contributed by atoms with E-state index in [9.17, 15) is 14.4 Å². The van der Waals surface area contributed by atoms with Crippen LogP contribution in [0.4, 0.5) is 0 Å². The largest absolute Gasteiger partial charge is 0.496 e. The highest BCUT2D eigenvalue weighted by Gasteiger charge is 2.21. The van der Waals surface area contributed by atoms with Crippen molar-refractivity contribution in [3.63, 3.8) is 0 Å². The Hall–Kier alpha value is -3.15. The van der Waals surface area contributed by atoms with Gasteiger partial charge in [-0.1, -0.05) is 57.2 Å². The van der Waals surface area contributed by atoms with Crippen LogP contribution in [-0.2, 0) is 14.9 Å². The van der Waals surface area contributed by atoms with Crippen molar-refractivity contribution in [2.24, 2.45) is 0 Å². The lowest BCUT2D eigenvalue weighted by Gasteiger charge is -2.19. The highest BCUT2D eigenvalue weighted by molar-refractivity contribution is 6.01. The summed E-state index contributed by atoms with van der Waals surface area (Å²) in [5, 5.41) is 2.48. The molecule has 0 fully saturated rings. The average Bonchev–Trinajstić information content (AvgIpc) is 2.70. The van der Waals surface area contributed by atoms with Crippen LogP contribution in [0.1, 0.15) is 54.0 Å². The number of hydrogen-bond acceptors (Lipinski definition) is 5. The lowest BCUT2D eigenvalue weighted by atomic mass is 9.86. The summed E-state index contributed by atoms with van der Waals surface area (Å²) in [6.45, 7) is 7.44. The number of rotatable bonds is 7. The van der Waals surface area contributed by atoms with Crippen LogP contribution in [0.5, 0.6) is 5.75 Å². The number of carbonyl (C=O) groups excluding carboxylic acids is 3. The van der Waals surface area contributed by atoms with Gasteiger partial charge in [0, 0.05) is 5.56 Å². The molecular weight excluding hydrogens is 370 g/mol. The van der Waals surface area contributed by atoms with E-state index >= 15 is 0 Å². The first-order valence-corrected chi connectivity index (χ1v) is 9.39. The van der Waals surface area contributed by atoms with Crippen molar-refractivity contribution >= 4 is 17.7 Å². The molecule has 0 radical (unpaired) electrons. The number of methoxy groups -OCH3 is 1. The van der Waals surface area contributed by atoms with Gasteiger partial charge in [-0.2, -0.15) is 0 Å². The summed E-state index contributed by atoms with van der Waals surface area (Å²) in [7, 11) is 1.46. The van der Waals surface area contributed by atoms with Gasteiger partial charge in [-0.25, -0.2) is 0 Å². The minimum Gasteiger partial charge on any atom is -0.496 e. The Morgan fingerprint density at radius 3 is 2.21 bits per heavy atom. The Kier molecular flexibility index (Phi) is 7.15. The van der Waals surface area contributed by atoms with Crippen LogP contribution in [-0.4, -0.2) is 37.4 Å². The van der Waals surface area contributed by atoms with Crippen molar-refractivity contribution < 1.29 is 23.9 Å². The van der Waals surface area contributed by atoms with Gasteiger partial charge in [0.15, 0.2) is 6.10 Å². The van der Waals surface area contributed by atoms with Crippen LogP contribution in [0, 0.1) is 0 Å². The van der Waals surface area contributed by atoms with Crippen LogP contribution in [0.2, 0.25) is 0 Å². The summed E-state index contributed by atoms with van der Waals surface area (Å²) in [4.78, 5) is 36.8. The number of amides is 1. The van der Waals surface area contributed by atoms with Gasteiger partial charge < -0.3 is 14.8 Å². The molecule has 0 aliphatic rings. The molecule has 6 nitrogen and oxygen atoms in total. The number of esters is 1. The van der Waals surface area contributed by atoms with Crippen molar-refractivity contribution in [1.82, 2.24) is 5.32 Å². The highest BCUT2D eigenvalue weighted by Crippen LogP contribution is 2.22. The third-order valence-corrected chi connectivity index (χ3v) is 4.46. The van der Waals surface area contributed by atoms with Crippen LogP contribution >= 0.6 is 0 Å². The van der Waals surface area contributed by atoms with Crippen LogP contribution in [0.25, 0.3) is 0 Å². The first kappa shape index (κ1) is 22.1. The van der Waals surface area contributed by atoms with E-state index in [1.54, 1.807) is 36.4 Å². The number of ether oxygens (including phenoxy) is 2. The highest BCUT2D eigenvalue weighted by atomic mass is 16.5. The molecule has 29 heavy (non-hydrogen) atoms. The molecule has 0 saturated heterocycles. The summed E-state index contributed by atoms with van der Waals surface area (Å²) in [6.07, 6.45) is -0.953. The van der Waals surface area contributed by atoms with E-state index in [-0.39, 0.29) is 17.7 Å². The van der Waals surface area contributed by atoms with Gasteiger partial charge in [0.1, 0.15) is 12.3 Å². The van der Waals surface area contributed by atoms with E-state index in [2.05, 4.69) is 26.1 Å². The number of ketones is 1. The van der Waals surface area contributed by atoms with Crippen molar-refractivity contribution in [3.05, 3.63) is 65.2 Å². The normalized spacial score (nSPS) is 12.0. The van der Waals surface area contributed by atoms with Gasteiger partial charge in [0.25, 0.3) is 5.91 Å². The Labute approximate surface area is 171 Å². The number of benzene rings is 2. The molecule has 0 aliphatic carbocycles. The lowest BCUT2D eigenvalue weighted by molar-refractivity contribution is -0.145. The maximum Gasteiger partial charge on any atom is 0.326 e. The number of hydrogen-bond donors (Lipinski definition) is 1. The number of para-hydroxylation sites is 1. The molecule has 154 valence electrons. The van der Waals surface area contributed by atoms with E-state index in [4.69, 9.17) is 9.47 Å². The fraction of sp³-hybridized carbons (Fsp3) is 0.348. The summed E-state index contributed by atoms with van der Waals surface area (Å²) in [5.74, 6) is -1.05. The molecule has 1 amide bonds. The average molecular weight is 397 g/mol. The Balaban J connectivity index is 1.91. The monoisotopic (exact) mass is 397 g/mol. The van der Waals surface area contributed by atoms with Gasteiger partial charge in [-0.05, 0) is 30.0 Å². The number of nitrogens with one attached hydrogen (secondary N) is 1. The molecule has 2 aromatic carbocycles. The summed E-state index contributed by atoms with van der Waals surface area (Å²) in [6, 6.07) is 13.9. The van der Waals surface area contributed by atoms with Crippen LogP contribution in [0.15, 0.2) is 48.5 Å². The fourth-order valence-corrected chi connectivity index (χ4v) is 2.74. The van der Waals surface area contributed by atoms with Crippen molar-refractivity contribution in [1.29, 1.82) is 0 Å². The first-order chi connectivity index (χ1) is 13.6. The van der Waals surface area contributed by atoms with Gasteiger partial charge in [-0.3, -0.25) is 14.4 Å². The number of carbonyl (C=O) groups is 3. The fourth-order valence-electron chi connectivity index (χ4n) is 2.74. The third-order valence-electron chi connectivity index (χ3n) is 4.46. The molecule has 1 atom stereocenters. The maximum atomic E-state index is 12.5. The zero-order valence-electron chi connectivity index (χ0n) is 17.4. The Morgan fingerprint density at radius 1 is 1.00 bits per heavy atom. The summed E-state index contributed by atoms with van der Waals surface area (Å²) in [5.41, 5.74) is 1.87. The molecule has 1 N–H and O–H groups in total. The van der Waals surface area contributed by atoms with E-state index in [0.717, 1.165) is 5.56 Å². The Bertz CT molecular complexity index is 881. The predicted octanol–water partition coefficient (Wildman–Crippen LogP) is 3.54. The SMILES string of the molecule is COc1ccccc1C(=O)NCC(=O)O[C@H](C)C(=O)c1ccc(C(C)(C)C)cc1. The second-order valence-electron chi connectivity index (χ2n) is 7.71. The molecule has 2 aromatic rings. The van der Waals surface area contributed by atoms with Crippen LogP contribution < -0.4 is 10.1 Å². The number of Topliss-reactive ketones (excluding diaryl/α,β-unsaturated/α-hetero) is 1. The molecule has 0 aliphatic heterocycles. The molecule has 0 spiro atoms. The minimum atomic E-state index is -0.953. The first-order valence-electron chi connectivity index (χ1n) is 9.39. The summed E-state index contributed by atoms with van der Waals surface area (Å²) < 4.78 is 10.3. The van der Waals surface area contributed by atoms with Crippen molar-refractivity contribution in [2.75, 3.05) is 13.7 Å². The van der Waals surface area contributed by atoms with Crippen molar-refractivity contribution in [3.8, 4) is 5.75 Å². The smallest absolute Gasteiger partial charge is 0.326 e. The molecule has 0 heterocycles. The molecule has 0 unspecified atom stereocenters. The molecule has 2 rings (SSSR count). The summed E-state index contributed by atoms with van der Waals surface area (Å²) >= 11 is 0. The lowest BCUT2D eigenvalue weighted by Crippen LogP contribution is -2.34. The van der Waals surface area contributed by atoms with Gasteiger partial charge in [-0.15, -0.1) is 0 Å². The molecule has 0 saturated carbocycles. The molecule has 0 bridgehead atoms. The zero-order chi connectivity index (χ0) is 21.6. The second-order valence-corrected chi connectivity index (χ2v) is 7.71. The van der Waals surface area contributed by atoms with E-state index in [1.807, 2.05) is 12.1 Å². The van der Waals surface area contributed by atoms with Crippen molar-refractivity contribution in [2.45, 2.75) is 39.2 Å². The second kappa shape index (κ2) is 9.37. The predicted molar refractivity (Wildman–Crippen MR) is 110 cm³/mol. The van der Waals surface area contributed by atoms with Gasteiger partial charge in [0.2, 0.25) is 5.78 Å². The van der Waals surface area contributed by atoms with Crippen LogP contribution in [0.3, 0.4) is 0 Å². The standard InChI is InChI=1S/C23H27NO5/c1-15(21(26)16-10-12-17(13-11-16)23(2,3)4)29-20(25)14-24-22(27)18-8-6-7-9-19(18)28-5/h6-13,15H,14H2,1-5H3,(H,24,27)/t15-/m1/s1. The topological polar surface area (TPSA) is 81.7 Å². The molecule has 6 heteroatoms.